The molecule has 108 valence electrons. The number of hydrogen-bond donors (Lipinski definition) is 1. The maximum Gasteiger partial charge on any atom is 0.240 e. The first-order valence-corrected chi connectivity index (χ1v) is 8.10. The number of aromatic nitrogens is 2. The Kier molecular flexibility index (Phi) is 5.26. The lowest BCUT2D eigenvalue weighted by Gasteiger charge is -2.10. The third kappa shape index (κ3) is 3.63. The SMILES string of the molecule is CC(C)CNC(=O)Cn1c(CCl)nc2cc(I)ccc21. The summed E-state index contributed by atoms with van der Waals surface area (Å²) >= 11 is 8.18. The predicted molar refractivity (Wildman–Crippen MR) is 89.9 cm³/mol. The van der Waals surface area contributed by atoms with Gasteiger partial charge < -0.3 is 9.88 Å². The molecule has 0 spiro atoms. The summed E-state index contributed by atoms with van der Waals surface area (Å²) in [4.78, 5) is 16.5. The van der Waals surface area contributed by atoms with E-state index in [-0.39, 0.29) is 12.5 Å². The summed E-state index contributed by atoms with van der Waals surface area (Å²) < 4.78 is 3.00. The van der Waals surface area contributed by atoms with E-state index in [2.05, 4.69) is 46.7 Å². The zero-order valence-electron chi connectivity index (χ0n) is 11.5. The van der Waals surface area contributed by atoms with E-state index in [0.717, 1.165) is 20.4 Å². The van der Waals surface area contributed by atoms with Crippen LogP contribution in [-0.2, 0) is 17.2 Å². The van der Waals surface area contributed by atoms with Crippen molar-refractivity contribution in [3.05, 3.63) is 27.6 Å². The Morgan fingerprint density at radius 1 is 1.50 bits per heavy atom. The molecule has 1 amide bonds. The number of rotatable bonds is 5. The van der Waals surface area contributed by atoms with Crippen LogP contribution in [0.15, 0.2) is 18.2 Å². The van der Waals surface area contributed by atoms with Crippen molar-refractivity contribution in [1.82, 2.24) is 14.9 Å². The fourth-order valence-corrected chi connectivity index (χ4v) is 2.63. The summed E-state index contributed by atoms with van der Waals surface area (Å²) in [6.07, 6.45) is 0. The van der Waals surface area contributed by atoms with Crippen molar-refractivity contribution in [2.45, 2.75) is 26.3 Å². The number of alkyl halides is 1. The van der Waals surface area contributed by atoms with Gasteiger partial charge in [-0.1, -0.05) is 13.8 Å². The molecular formula is C14H17ClIN3O. The molecule has 0 aliphatic carbocycles. The summed E-state index contributed by atoms with van der Waals surface area (Å²) in [5, 5.41) is 2.92. The number of amides is 1. The Morgan fingerprint density at radius 2 is 2.25 bits per heavy atom. The Labute approximate surface area is 137 Å². The van der Waals surface area contributed by atoms with E-state index in [9.17, 15) is 4.79 Å². The quantitative estimate of drug-likeness (QED) is 0.614. The number of benzene rings is 1. The van der Waals surface area contributed by atoms with Gasteiger partial charge in [-0.2, -0.15) is 0 Å². The van der Waals surface area contributed by atoms with Crippen molar-refractivity contribution in [3.63, 3.8) is 0 Å². The molecule has 0 aliphatic heterocycles. The van der Waals surface area contributed by atoms with Crippen LogP contribution in [-0.4, -0.2) is 22.0 Å². The fraction of sp³-hybridized carbons (Fsp3) is 0.429. The lowest BCUT2D eigenvalue weighted by atomic mass is 10.2. The summed E-state index contributed by atoms with van der Waals surface area (Å²) in [6, 6.07) is 5.98. The second-order valence-corrected chi connectivity index (χ2v) is 6.59. The number of carbonyl (C=O) groups is 1. The molecule has 6 heteroatoms. The molecule has 2 rings (SSSR count). The molecule has 1 N–H and O–H groups in total. The van der Waals surface area contributed by atoms with Crippen LogP contribution in [0.5, 0.6) is 0 Å². The van der Waals surface area contributed by atoms with Gasteiger partial charge in [0.15, 0.2) is 0 Å². The minimum Gasteiger partial charge on any atom is -0.354 e. The van der Waals surface area contributed by atoms with Crippen molar-refractivity contribution < 1.29 is 4.79 Å². The van der Waals surface area contributed by atoms with Crippen molar-refractivity contribution in [3.8, 4) is 0 Å². The van der Waals surface area contributed by atoms with Gasteiger partial charge in [0.2, 0.25) is 5.91 Å². The zero-order chi connectivity index (χ0) is 14.7. The van der Waals surface area contributed by atoms with E-state index in [1.54, 1.807) is 0 Å². The minimum atomic E-state index is -0.0112. The molecule has 1 aromatic carbocycles. The van der Waals surface area contributed by atoms with Gasteiger partial charge in [0, 0.05) is 10.1 Å². The molecule has 2 aromatic rings. The van der Waals surface area contributed by atoms with Gasteiger partial charge in [0.05, 0.1) is 16.9 Å². The maximum absolute atomic E-state index is 12.0. The van der Waals surface area contributed by atoms with Crippen LogP contribution in [0.4, 0.5) is 0 Å². The monoisotopic (exact) mass is 405 g/mol. The average molecular weight is 406 g/mol. The lowest BCUT2D eigenvalue weighted by Crippen LogP contribution is -2.31. The largest absolute Gasteiger partial charge is 0.354 e. The van der Waals surface area contributed by atoms with E-state index in [1.807, 2.05) is 22.8 Å². The van der Waals surface area contributed by atoms with E-state index in [0.29, 0.717) is 18.3 Å². The summed E-state index contributed by atoms with van der Waals surface area (Å²) in [5.74, 6) is 1.45. The van der Waals surface area contributed by atoms with Gasteiger partial charge in [-0.15, -0.1) is 11.6 Å². The molecule has 0 saturated heterocycles. The molecule has 0 aliphatic rings. The first-order valence-electron chi connectivity index (χ1n) is 6.48. The highest BCUT2D eigenvalue weighted by molar-refractivity contribution is 14.1. The van der Waals surface area contributed by atoms with Crippen LogP contribution in [0.25, 0.3) is 11.0 Å². The lowest BCUT2D eigenvalue weighted by molar-refractivity contribution is -0.121. The molecule has 20 heavy (non-hydrogen) atoms. The van der Waals surface area contributed by atoms with Crippen LogP contribution >= 0.6 is 34.2 Å². The van der Waals surface area contributed by atoms with Crippen molar-refractivity contribution in [1.29, 1.82) is 0 Å². The van der Waals surface area contributed by atoms with Gasteiger partial charge in [0.1, 0.15) is 12.4 Å². The van der Waals surface area contributed by atoms with E-state index < -0.39 is 0 Å². The Morgan fingerprint density at radius 3 is 2.90 bits per heavy atom. The normalized spacial score (nSPS) is 11.2. The molecule has 0 atom stereocenters. The molecule has 1 aromatic heterocycles. The van der Waals surface area contributed by atoms with Gasteiger partial charge in [-0.3, -0.25) is 4.79 Å². The van der Waals surface area contributed by atoms with Crippen LogP contribution in [0.1, 0.15) is 19.7 Å². The number of nitrogens with zero attached hydrogens (tertiary/aromatic N) is 2. The topological polar surface area (TPSA) is 46.9 Å². The highest BCUT2D eigenvalue weighted by Crippen LogP contribution is 2.20. The molecular weight excluding hydrogens is 389 g/mol. The van der Waals surface area contributed by atoms with Crippen LogP contribution in [0.3, 0.4) is 0 Å². The number of carbonyl (C=O) groups excluding carboxylic acids is 1. The van der Waals surface area contributed by atoms with Gasteiger partial charge >= 0.3 is 0 Å². The Balaban J connectivity index is 2.26. The van der Waals surface area contributed by atoms with Crippen LogP contribution < -0.4 is 5.32 Å². The smallest absolute Gasteiger partial charge is 0.240 e. The number of nitrogens with one attached hydrogen (secondary N) is 1. The van der Waals surface area contributed by atoms with Gasteiger partial charge in [0.25, 0.3) is 0 Å². The Bertz CT molecular complexity index is 624. The number of halogens is 2. The fourth-order valence-electron chi connectivity index (χ4n) is 1.95. The number of fused-ring (bicyclic) bond motifs is 1. The molecule has 0 saturated carbocycles. The van der Waals surface area contributed by atoms with Gasteiger partial charge in [-0.05, 0) is 46.7 Å². The molecule has 1 heterocycles. The summed E-state index contributed by atoms with van der Waals surface area (Å²) in [7, 11) is 0. The first-order chi connectivity index (χ1) is 9.51. The predicted octanol–water partition coefficient (Wildman–Crippen LogP) is 3.15. The molecule has 0 bridgehead atoms. The summed E-state index contributed by atoms with van der Waals surface area (Å²) in [5.41, 5.74) is 1.82. The zero-order valence-corrected chi connectivity index (χ0v) is 14.4. The third-order valence-corrected chi connectivity index (χ3v) is 3.83. The van der Waals surface area contributed by atoms with Crippen molar-refractivity contribution in [2.24, 2.45) is 5.92 Å². The maximum atomic E-state index is 12.0. The highest BCUT2D eigenvalue weighted by Gasteiger charge is 2.13. The van der Waals surface area contributed by atoms with Crippen LogP contribution in [0.2, 0.25) is 0 Å². The molecule has 0 fully saturated rings. The highest BCUT2D eigenvalue weighted by atomic mass is 127. The third-order valence-electron chi connectivity index (χ3n) is 2.92. The van der Waals surface area contributed by atoms with Crippen molar-refractivity contribution in [2.75, 3.05) is 6.54 Å². The Hall–Kier alpha value is -0.820. The average Bonchev–Trinajstić information content (AvgIpc) is 2.73. The second kappa shape index (κ2) is 6.76. The standard InChI is InChI=1S/C14H17ClIN3O/c1-9(2)7-17-14(20)8-19-12-4-3-10(16)5-11(12)18-13(19)6-15/h3-5,9H,6-8H2,1-2H3,(H,17,20). The van der Waals surface area contributed by atoms with E-state index in [1.165, 1.54) is 0 Å². The number of imidazole rings is 1. The number of hydrogen-bond acceptors (Lipinski definition) is 2. The molecule has 0 unspecified atom stereocenters. The minimum absolute atomic E-state index is 0.0112. The molecule has 4 nitrogen and oxygen atoms in total. The molecule has 0 radical (unpaired) electrons. The van der Waals surface area contributed by atoms with Crippen LogP contribution in [0, 0.1) is 9.49 Å². The van der Waals surface area contributed by atoms with Gasteiger partial charge in [-0.25, -0.2) is 4.98 Å². The van der Waals surface area contributed by atoms with E-state index in [4.69, 9.17) is 11.6 Å². The van der Waals surface area contributed by atoms with E-state index >= 15 is 0 Å². The van der Waals surface area contributed by atoms with Crippen molar-refractivity contribution >= 4 is 51.1 Å². The second-order valence-electron chi connectivity index (χ2n) is 5.08. The first kappa shape index (κ1) is 15.6. The summed E-state index contributed by atoms with van der Waals surface area (Å²) in [6.45, 7) is 5.07.